The van der Waals surface area contributed by atoms with Crippen molar-refractivity contribution in [3.63, 3.8) is 0 Å². The van der Waals surface area contributed by atoms with Crippen molar-refractivity contribution in [2.24, 2.45) is 0 Å². The molecule has 1 amide bonds. The summed E-state index contributed by atoms with van der Waals surface area (Å²) in [4.78, 5) is 27.7. The number of rotatable bonds is 8. The monoisotopic (exact) mass is 549 g/mol. The SMILES string of the molecule is Cc1cnc(-c2cc(OC[C@H]3CN(C(C)C)CCO3)cc(C(=O)N[C@H](C)c3cnc(C(F)(F)F)nc3)c2)s1. The van der Waals surface area contributed by atoms with Crippen LogP contribution >= 0.6 is 11.3 Å². The molecule has 0 bridgehead atoms. The lowest BCUT2D eigenvalue weighted by molar-refractivity contribution is -0.145. The van der Waals surface area contributed by atoms with Gasteiger partial charge in [-0.05, 0) is 45.9 Å². The fourth-order valence-corrected chi connectivity index (χ4v) is 4.75. The number of hydrogen-bond acceptors (Lipinski definition) is 8. The second kappa shape index (κ2) is 11.7. The van der Waals surface area contributed by atoms with E-state index in [1.165, 1.54) is 11.3 Å². The number of morpholine rings is 1. The van der Waals surface area contributed by atoms with Crippen LogP contribution in [0.1, 0.15) is 53.4 Å². The van der Waals surface area contributed by atoms with Gasteiger partial charge in [-0.1, -0.05) is 0 Å². The van der Waals surface area contributed by atoms with Crippen LogP contribution < -0.4 is 10.1 Å². The third-order valence-electron chi connectivity index (χ3n) is 6.15. The number of ether oxygens (including phenoxy) is 2. The number of hydrogen-bond donors (Lipinski definition) is 1. The zero-order valence-electron chi connectivity index (χ0n) is 21.6. The largest absolute Gasteiger partial charge is 0.491 e. The van der Waals surface area contributed by atoms with Crippen LogP contribution in [0.3, 0.4) is 0 Å². The average molecular weight is 550 g/mol. The fraction of sp³-hybridized carbons (Fsp3) is 0.462. The van der Waals surface area contributed by atoms with Crippen molar-refractivity contribution >= 4 is 17.2 Å². The maximum absolute atomic E-state index is 13.2. The number of aryl methyl sites for hydroxylation is 1. The van der Waals surface area contributed by atoms with Gasteiger partial charge in [0.15, 0.2) is 0 Å². The third kappa shape index (κ3) is 7.06. The Hall–Kier alpha value is -3.09. The second-order valence-electron chi connectivity index (χ2n) is 9.45. The summed E-state index contributed by atoms with van der Waals surface area (Å²) in [6, 6.07) is 4.97. The maximum atomic E-state index is 13.2. The van der Waals surface area contributed by atoms with Gasteiger partial charge in [0, 0.05) is 59.3 Å². The zero-order valence-corrected chi connectivity index (χ0v) is 22.4. The molecule has 0 radical (unpaired) electrons. The molecule has 0 aliphatic carbocycles. The van der Waals surface area contributed by atoms with E-state index in [-0.39, 0.29) is 6.10 Å². The van der Waals surface area contributed by atoms with E-state index in [1.807, 2.05) is 13.0 Å². The molecule has 1 fully saturated rings. The molecular weight excluding hydrogens is 519 g/mol. The maximum Gasteiger partial charge on any atom is 0.451 e. The molecule has 1 saturated heterocycles. The number of aromatic nitrogens is 3. The quantitative estimate of drug-likeness (QED) is 0.427. The Kier molecular flexibility index (Phi) is 8.64. The van der Waals surface area contributed by atoms with Gasteiger partial charge in [-0.15, -0.1) is 11.3 Å². The van der Waals surface area contributed by atoms with E-state index in [1.54, 1.807) is 25.3 Å². The number of nitrogens with one attached hydrogen (secondary N) is 1. The Balaban J connectivity index is 1.51. The molecule has 1 aromatic carbocycles. The van der Waals surface area contributed by atoms with Gasteiger partial charge < -0.3 is 14.8 Å². The van der Waals surface area contributed by atoms with Crippen molar-refractivity contribution in [2.75, 3.05) is 26.3 Å². The van der Waals surface area contributed by atoms with Crippen LogP contribution in [-0.4, -0.2) is 64.2 Å². The molecule has 4 rings (SSSR count). The Morgan fingerprint density at radius 2 is 1.92 bits per heavy atom. The Bertz CT molecular complexity index is 1250. The van der Waals surface area contributed by atoms with Crippen molar-refractivity contribution in [1.29, 1.82) is 0 Å². The molecule has 1 N–H and O–H groups in total. The number of thiazole rings is 1. The highest BCUT2D eigenvalue weighted by Gasteiger charge is 2.34. The number of carbonyl (C=O) groups excluding carboxylic acids is 1. The molecule has 2 atom stereocenters. The van der Waals surface area contributed by atoms with Gasteiger partial charge in [-0.2, -0.15) is 13.2 Å². The highest BCUT2D eigenvalue weighted by atomic mass is 32.1. The van der Waals surface area contributed by atoms with Gasteiger partial charge >= 0.3 is 6.18 Å². The molecule has 0 unspecified atom stereocenters. The number of halogens is 3. The van der Waals surface area contributed by atoms with E-state index in [0.29, 0.717) is 36.1 Å². The molecule has 8 nitrogen and oxygen atoms in total. The van der Waals surface area contributed by atoms with Crippen LogP contribution in [0.5, 0.6) is 5.75 Å². The van der Waals surface area contributed by atoms with Crippen LogP contribution in [0.2, 0.25) is 0 Å². The second-order valence-corrected chi connectivity index (χ2v) is 10.7. The number of nitrogens with zero attached hydrogens (tertiary/aromatic N) is 4. The molecule has 3 heterocycles. The van der Waals surface area contributed by atoms with Gasteiger partial charge in [-0.25, -0.2) is 15.0 Å². The third-order valence-corrected chi connectivity index (χ3v) is 7.11. The van der Waals surface area contributed by atoms with E-state index in [4.69, 9.17) is 9.47 Å². The molecule has 3 aromatic rings. The predicted octanol–water partition coefficient (Wildman–Crippen LogP) is 4.91. The Morgan fingerprint density at radius 3 is 2.55 bits per heavy atom. The number of benzene rings is 1. The summed E-state index contributed by atoms with van der Waals surface area (Å²) in [5.41, 5.74) is 1.40. The summed E-state index contributed by atoms with van der Waals surface area (Å²) >= 11 is 1.50. The first-order valence-electron chi connectivity index (χ1n) is 12.3. The van der Waals surface area contributed by atoms with E-state index in [0.717, 1.165) is 40.9 Å². The molecule has 0 saturated carbocycles. The standard InChI is InChI=1S/C26H30F3N5O3S/c1-15(2)34-5-6-36-22(13-34)14-37-21-8-18(7-19(9-21)24-30-10-16(3)38-24)23(35)33-17(4)20-11-31-25(32-12-20)26(27,28)29/h7-12,15,17,22H,5-6,13-14H2,1-4H3,(H,33,35)/t17-,22-/m1/s1. The van der Waals surface area contributed by atoms with Gasteiger partial charge in [-0.3, -0.25) is 9.69 Å². The van der Waals surface area contributed by atoms with Gasteiger partial charge in [0.1, 0.15) is 23.5 Å². The van der Waals surface area contributed by atoms with E-state index in [9.17, 15) is 18.0 Å². The lowest BCUT2D eigenvalue weighted by atomic mass is 10.1. The van der Waals surface area contributed by atoms with Crippen molar-refractivity contribution in [3.05, 3.63) is 58.6 Å². The lowest BCUT2D eigenvalue weighted by Gasteiger charge is -2.35. The number of amides is 1. The molecule has 12 heteroatoms. The molecule has 1 aliphatic rings. The normalized spacial score (nSPS) is 17.4. The summed E-state index contributed by atoms with van der Waals surface area (Å²) in [7, 11) is 0. The molecule has 1 aliphatic heterocycles. The van der Waals surface area contributed by atoms with Crippen molar-refractivity contribution in [1.82, 2.24) is 25.2 Å². The number of carbonyl (C=O) groups is 1. The minimum Gasteiger partial charge on any atom is -0.491 e. The minimum atomic E-state index is -4.63. The van der Waals surface area contributed by atoms with Crippen LogP contribution in [-0.2, 0) is 10.9 Å². The van der Waals surface area contributed by atoms with E-state index >= 15 is 0 Å². The highest BCUT2D eigenvalue weighted by molar-refractivity contribution is 7.14. The van der Waals surface area contributed by atoms with Crippen molar-refractivity contribution < 1.29 is 27.4 Å². The Labute approximate surface area is 223 Å². The Morgan fingerprint density at radius 1 is 1.18 bits per heavy atom. The number of alkyl halides is 3. The summed E-state index contributed by atoms with van der Waals surface area (Å²) in [6.45, 7) is 10.5. The van der Waals surface area contributed by atoms with Crippen LogP contribution in [0.15, 0.2) is 36.8 Å². The van der Waals surface area contributed by atoms with Gasteiger partial charge in [0.05, 0.1) is 12.6 Å². The first-order valence-corrected chi connectivity index (χ1v) is 13.1. The summed E-state index contributed by atoms with van der Waals surface area (Å²) in [5, 5.41) is 3.54. The first-order chi connectivity index (χ1) is 18.0. The first kappa shape index (κ1) is 27.9. The molecule has 204 valence electrons. The highest BCUT2D eigenvalue weighted by Crippen LogP contribution is 2.30. The van der Waals surface area contributed by atoms with Gasteiger partial charge in [0.2, 0.25) is 5.82 Å². The summed E-state index contributed by atoms with van der Waals surface area (Å²) < 4.78 is 50.3. The van der Waals surface area contributed by atoms with Crippen molar-refractivity contribution in [2.45, 2.75) is 52.1 Å². The van der Waals surface area contributed by atoms with Crippen LogP contribution in [0.4, 0.5) is 13.2 Å². The van der Waals surface area contributed by atoms with E-state index in [2.05, 4.69) is 39.0 Å². The fourth-order valence-electron chi connectivity index (χ4n) is 4.00. The average Bonchev–Trinajstić information content (AvgIpc) is 3.33. The molecule has 2 aromatic heterocycles. The smallest absolute Gasteiger partial charge is 0.451 e. The van der Waals surface area contributed by atoms with Crippen molar-refractivity contribution in [3.8, 4) is 16.3 Å². The van der Waals surface area contributed by atoms with Crippen LogP contribution in [0.25, 0.3) is 10.6 Å². The molecule has 38 heavy (non-hydrogen) atoms. The topological polar surface area (TPSA) is 89.5 Å². The molecular formula is C26H30F3N5O3S. The minimum absolute atomic E-state index is 0.103. The summed E-state index contributed by atoms with van der Waals surface area (Å²) in [5.74, 6) is -1.15. The van der Waals surface area contributed by atoms with Gasteiger partial charge in [0.25, 0.3) is 5.91 Å². The van der Waals surface area contributed by atoms with Crippen LogP contribution in [0, 0.1) is 6.92 Å². The zero-order chi connectivity index (χ0) is 27.4. The summed E-state index contributed by atoms with van der Waals surface area (Å²) in [6.07, 6.45) is -0.847. The predicted molar refractivity (Wildman–Crippen MR) is 137 cm³/mol. The lowest BCUT2D eigenvalue weighted by Crippen LogP contribution is -2.47. The van der Waals surface area contributed by atoms with E-state index < -0.39 is 23.9 Å². The molecule has 0 spiro atoms.